The molecule has 1 unspecified atom stereocenters. The first kappa shape index (κ1) is 16.2. The summed E-state index contributed by atoms with van der Waals surface area (Å²) in [6.45, 7) is 0.342. The van der Waals surface area contributed by atoms with Gasteiger partial charge < -0.3 is 16.8 Å². The molecule has 0 radical (unpaired) electrons. The number of nitrogens with one attached hydrogen (secondary N) is 1. The standard InChI is InChI=1S/C19H19N7/c20-12-15(21)16-11-13(9-10-22-16)17-7-4-8-18-24-19(25-26(17)18)23-14-5-2-1-3-6-14/h1-11,15H,12,20-21H2,(H,23,25). The summed E-state index contributed by atoms with van der Waals surface area (Å²) in [5.74, 6) is 0.539. The van der Waals surface area contributed by atoms with Gasteiger partial charge >= 0.3 is 0 Å². The van der Waals surface area contributed by atoms with Crippen LogP contribution < -0.4 is 16.8 Å². The van der Waals surface area contributed by atoms with Crippen LogP contribution in [0.1, 0.15) is 11.7 Å². The Hall–Kier alpha value is -3.29. The lowest BCUT2D eigenvalue weighted by atomic mass is 10.1. The first-order valence-electron chi connectivity index (χ1n) is 8.34. The largest absolute Gasteiger partial charge is 0.329 e. The van der Waals surface area contributed by atoms with Gasteiger partial charge in [-0.1, -0.05) is 24.3 Å². The van der Waals surface area contributed by atoms with E-state index in [1.54, 1.807) is 10.7 Å². The summed E-state index contributed by atoms with van der Waals surface area (Å²) in [4.78, 5) is 8.86. The lowest BCUT2D eigenvalue weighted by molar-refractivity contribution is 0.711. The molecule has 3 aromatic heterocycles. The zero-order valence-electron chi connectivity index (χ0n) is 14.1. The Bertz CT molecular complexity index is 1030. The number of fused-ring (bicyclic) bond motifs is 1. The van der Waals surface area contributed by atoms with Crippen molar-refractivity contribution in [3.05, 3.63) is 72.6 Å². The van der Waals surface area contributed by atoms with Crippen molar-refractivity contribution in [1.29, 1.82) is 0 Å². The molecule has 0 bridgehead atoms. The highest BCUT2D eigenvalue weighted by atomic mass is 15.4. The lowest BCUT2D eigenvalue weighted by Crippen LogP contribution is -2.21. The molecule has 7 heteroatoms. The fourth-order valence-electron chi connectivity index (χ4n) is 2.76. The Morgan fingerprint density at radius 3 is 2.69 bits per heavy atom. The molecule has 0 spiro atoms. The number of rotatable bonds is 5. The van der Waals surface area contributed by atoms with Gasteiger partial charge in [0.2, 0.25) is 5.95 Å². The van der Waals surface area contributed by atoms with E-state index < -0.39 is 0 Å². The summed E-state index contributed by atoms with van der Waals surface area (Å²) >= 11 is 0. The molecular weight excluding hydrogens is 326 g/mol. The fraction of sp³-hybridized carbons (Fsp3) is 0.105. The second-order valence-corrected chi connectivity index (χ2v) is 5.92. The topological polar surface area (TPSA) is 107 Å². The third kappa shape index (κ3) is 3.13. The van der Waals surface area contributed by atoms with Crippen LogP contribution in [0, 0.1) is 0 Å². The van der Waals surface area contributed by atoms with Gasteiger partial charge in [-0.2, -0.15) is 4.98 Å². The van der Waals surface area contributed by atoms with Crippen molar-refractivity contribution < 1.29 is 0 Å². The number of hydrogen-bond acceptors (Lipinski definition) is 6. The highest BCUT2D eigenvalue weighted by Gasteiger charge is 2.11. The number of nitrogens with zero attached hydrogens (tertiary/aromatic N) is 4. The quantitative estimate of drug-likeness (QED) is 0.513. The molecule has 1 atom stereocenters. The van der Waals surface area contributed by atoms with Crippen LogP contribution in [-0.2, 0) is 0 Å². The predicted octanol–water partition coefficient (Wildman–Crippen LogP) is 2.49. The van der Waals surface area contributed by atoms with E-state index in [9.17, 15) is 0 Å². The molecule has 4 rings (SSSR count). The second kappa shape index (κ2) is 6.91. The van der Waals surface area contributed by atoms with Crippen LogP contribution >= 0.6 is 0 Å². The van der Waals surface area contributed by atoms with Crippen molar-refractivity contribution in [3.63, 3.8) is 0 Å². The van der Waals surface area contributed by atoms with Gasteiger partial charge in [0.05, 0.1) is 17.4 Å². The zero-order valence-corrected chi connectivity index (χ0v) is 14.1. The summed E-state index contributed by atoms with van der Waals surface area (Å²) in [6, 6.07) is 19.3. The number of pyridine rings is 2. The predicted molar refractivity (Wildman–Crippen MR) is 102 cm³/mol. The molecule has 3 heterocycles. The van der Waals surface area contributed by atoms with E-state index in [2.05, 4.69) is 20.4 Å². The maximum absolute atomic E-state index is 6.01. The smallest absolute Gasteiger partial charge is 0.247 e. The van der Waals surface area contributed by atoms with E-state index in [-0.39, 0.29) is 6.04 Å². The fourth-order valence-corrected chi connectivity index (χ4v) is 2.76. The number of anilines is 2. The minimum absolute atomic E-state index is 0.291. The first-order chi connectivity index (χ1) is 12.7. The molecule has 0 amide bonds. The first-order valence-corrected chi connectivity index (χ1v) is 8.34. The Balaban J connectivity index is 1.74. The van der Waals surface area contributed by atoms with Crippen molar-refractivity contribution in [2.75, 3.05) is 11.9 Å². The summed E-state index contributed by atoms with van der Waals surface area (Å²) in [6.07, 6.45) is 1.74. The second-order valence-electron chi connectivity index (χ2n) is 5.92. The molecule has 1 aromatic carbocycles. The summed E-state index contributed by atoms with van der Waals surface area (Å²) in [5.41, 5.74) is 16.0. The minimum Gasteiger partial charge on any atom is -0.329 e. The zero-order chi connectivity index (χ0) is 17.9. The van der Waals surface area contributed by atoms with Gasteiger partial charge in [-0.3, -0.25) is 4.98 Å². The van der Waals surface area contributed by atoms with E-state index in [4.69, 9.17) is 11.5 Å². The van der Waals surface area contributed by atoms with E-state index in [1.807, 2.05) is 60.7 Å². The molecule has 0 aliphatic carbocycles. The Morgan fingerprint density at radius 1 is 1.04 bits per heavy atom. The number of hydrogen-bond donors (Lipinski definition) is 3. The van der Waals surface area contributed by atoms with Crippen molar-refractivity contribution in [3.8, 4) is 11.3 Å². The van der Waals surface area contributed by atoms with Crippen LogP contribution in [0.15, 0.2) is 66.9 Å². The Morgan fingerprint density at radius 2 is 1.88 bits per heavy atom. The molecule has 7 nitrogen and oxygen atoms in total. The van der Waals surface area contributed by atoms with E-state index >= 15 is 0 Å². The Kier molecular flexibility index (Phi) is 4.30. The van der Waals surface area contributed by atoms with Gasteiger partial charge in [0.25, 0.3) is 0 Å². The van der Waals surface area contributed by atoms with Crippen molar-refractivity contribution in [1.82, 2.24) is 19.6 Å². The molecule has 4 aromatic rings. The number of benzene rings is 1. The maximum Gasteiger partial charge on any atom is 0.247 e. The summed E-state index contributed by atoms with van der Waals surface area (Å²) < 4.78 is 1.80. The molecule has 130 valence electrons. The van der Waals surface area contributed by atoms with Gasteiger partial charge in [-0.05, 0) is 36.4 Å². The molecule has 0 aliphatic rings. The highest BCUT2D eigenvalue weighted by molar-refractivity contribution is 5.65. The minimum atomic E-state index is -0.291. The maximum atomic E-state index is 6.01. The van der Waals surface area contributed by atoms with Gasteiger partial charge in [0.15, 0.2) is 5.65 Å². The van der Waals surface area contributed by atoms with Crippen molar-refractivity contribution >= 4 is 17.3 Å². The molecule has 0 fully saturated rings. The van der Waals surface area contributed by atoms with Crippen molar-refractivity contribution in [2.45, 2.75) is 6.04 Å². The van der Waals surface area contributed by atoms with Crippen LogP contribution in [0.5, 0.6) is 0 Å². The highest BCUT2D eigenvalue weighted by Crippen LogP contribution is 2.23. The van der Waals surface area contributed by atoms with Gasteiger partial charge in [0.1, 0.15) is 0 Å². The monoisotopic (exact) mass is 345 g/mol. The molecule has 26 heavy (non-hydrogen) atoms. The lowest BCUT2D eigenvalue weighted by Gasteiger charge is -2.10. The number of nitrogens with two attached hydrogens (primary N) is 2. The summed E-state index contributed by atoms with van der Waals surface area (Å²) in [7, 11) is 0. The average Bonchev–Trinajstić information content (AvgIpc) is 3.10. The van der Waals surface area contributed by atoms with E-state index in [0.29, 0.717) is 12.5 Å². The van der Waals surface area contributed by atoms with E-state index in [1.165, 1.54) is 0 Å². The van der Waals surface area contributed by atoms with Crippen LogP contribution in [-0.4, -0.2) is 26.1 Å². The summed E-state index contributed by atoms with van der Waals surface area (Å²) in [5, 5.41) is 7.82. The van der Waals surface area contributed by atoms with Gasteiger partial charge in [0, 0.05) is 24.0 Å². The normalized spacial score (nSPS) is 12.2. The Labute approximate surface area is 150 Å². The van der Waals surface area contributed by atoms with Crippen LogP contribution in [0.4, 0.5) is 11.6 Å². The third-order valence-electron chi connectivity index (χ3n) is 4.10. The third-order valence-corrected chi connectivity index (χ3v) is 4.10. The molecule has 0 aliphatic heterocycles. The van der Waals surface area contributed by atoms with Gasteiger partial charge in [-0.15, -0.1) is 5.10 Å². The SMILES string of the molecule is NCC(N)c1cc(-c2cccc3nc(Nc4ccccc4)nn23)ccn1. The molecule has 5 N–H and O–H groups in total. The number of aromatic nitrogens is 4. The molecule has 0 saturated heterocycles. The molecular formula is C19H19N7. The van der Waals surface area contributed by atoms with Crippen molar-refractivity contribution in [2.24, 2.45) is 11.5 Å². The van der Waals surface area contributed by atoms with Crippen LogP contribution in [0.3, 0.4) is 0 Å². The molecule has 0 saturated carbocycles. The van der Waals surface area contributed by atoms with Crippen LogP contribution in [0.25, 0.3) is 16.9 Å². The van der Waals surface area contributed by atoms with Crippen LogP contribution in [0.2, 0.25) is 0 Å². The van der Waals surface area contributed by atoms with E-state index in [0.717, 1.165) is 28.3 Å². The van der Waals surface area contributed by atoms with Gasteiger partial charge in [-0.25, -0.2) is 4.52 Å². The number of para-hydroxylation sites is 1. The average molecular weight is 345 g/mol.